The molecule has 0 radical (unpaired) electrons. The number of fused-ring (bicyclic) bond motifs is 1. The van der Waals surface area contributed by atoms with Crippen LogP contribution in [0.15, 0.2) is 47.4 Å². The quantitative estimate of drug-likeness (QED) is 0.876. The lowest BCUT2D eigenvalue weighted by atomic mass is 10.1. The highest BCUT2D eigenvalue weighted by Gasteiger charge is 2.36. The number of benzene rings is 2. The second-order valence-corrected chi connectivity index (χ2v) is 8.45. The third-order valence-corrected chi connectivity index (χ3v) is 6.81. The molecule has 1 unspecified atom stereocenters. The molecule has 5 nitrogen and oxygen atoms in total. The van der Waals surface area contributed by atoms with Crippen molar-refractivity contribution >= 4 is 21.2 Å². The highest BCUT2D eigenvalue weighted by molar-refractivity contribution is 7.92. The summed E-state index contributed by atoms with van der Waals surface area (Å²) in [5, 5.41) is 5.56. The molecule has 132 valence electrons. The van der Waals surface area contributed by atoms with Gasteiger partial charge >= 0.3 is 0 Å². The summed E-state index contributed by atoms with van der Waals surface area (Å²) in [6.45, 7) is 3.60. The summed E-state index contributed by atoms with van der Waals surface area (Å²) in [6.07, 6.45) is 0.339. The molecule has 1 atom stereocenters. The van der Waals surface area contributed by atoms with E-state index in [0.29, 0.717) is 6.42 Å². The molecule has 0 spiro atoms. The van der Waals surface area contributed by atoms with Gasteiger partial charge in [-0.15, -0.1) is 0 Å². The van der Waals surface area contributed by atoms with Gasteiger partial charge in [0.05, 0.1) is 0 Å². The normalized spacial score (nSPS) is 20.2. The molecule has 2 aliphatic heterocycles. The molecule has 0 saturated carbocycles. The van der Waals surface area contributed by atoms with Crippen LogP contribution in [0.3, 0.4) is 0 Å². The second-order valence-electron chi connectivity index (χ2n) is 6.35. The molecule has 7 heteroatoms. The largest absolute Gasteiger partial charge is 0.369 e. The van der Waals surface area contributed by atoms with Gasteiger partial charge in [0, 0.05) is 49.5 Å². The Balaban J connectivity index is 1.66. The minimum atomic E-state index is -3.80. The average Bonchev–Trinajstić information content (AvgIpc) is 3.08. The number of hydrogen-bond acceptors (Lipinski definition) is 5. The zero-order valence-electron chi connectivity index (χ0n) is 13.7. The predicted octanol–water partition coefficient (Wildman–Crippen LogP) is 2.00. The van der Waals surface area contributed by atoms with Gasteiger partial charge in [-0.2, -0.15) is 0 Å². The Morgan fingerprint density at radius 2 is 1.80 bits per heavy atom. The molecular weight excluding hydrogens is 341 g/mol. The van der Waals surface area contributed by atoms with Crippen LogP contribution in [-0.2, 0) is 16.3 Å². The van der Waals surface area contributed by atoms with Crippen molar-refractivity contribution in [3.05, 3.63) is 53.8 Å². The summed E-state index contributed by atoms with van der Waals surface area (Å²) >= 11 is 0. The maximum Gasteiger partial charge on any atom is 0.202 e. The van der Waals surface area contributed by atoms with Gasteiger partial charge in [0.25, 0.3) is 0 Å². The van der Waals surface area contributed by atoms with Crippen LogP contribution in [0.2, 0.25) is 0 Å². The number of anilines is 2. The summed E-state index contributed by atoms with van der Waals surface area (Å²) in [4.78, 5) is 2.03. The third-order valence-electron chi connectivity index (χ3n) is 4.83. The molecule has 0 aliphatic carbocycles. The van der Waals surface area contributed by atoms with E-state index in [2.05, 4.69) is 15.5 Å². The molecular formula is C18H20FN3O2S. The molecule has 2 aromatic carbocycles. The summed E-state index contributed by atoms with van der Waals surface area (Å²) in [5.41, 5.74) is 2.88. The first kappa shape index (κ1) is 16.4. The molecule has 25 heavy (non-hydrogen) atoms. The Hall–Kier alpha value is -2.12. The number of sulfone groups is 1. The van der Waals surface area contributed by atoms with Gasteiger partial charge in [-0.05, 0) is 24.3 Å². The fraction of sp³-hybridized carbons (Fsp3) is 0.333. The SMILES string of the molecule is O=S(=O)(c1ccccc1F)C1Cc2c(cccc2N2CCNCC2)N1. The molecule has 0 aromatic heterocycles. The third kappa shape index (κ3) is 2.87. The van der Waals surface area contributed by atoms with Crippen LogP contribution >= 0.6 is 0 Å². The molecule has 2 N–H and O–H groups in total. The minimum absolute atomic E-state index is 0.246. The molecule has 2 aliphatic rings. The van der Waals surface area contributed by atoms with E-state index in [4.69, 9.17) is 0 Å². The summed E-state index contributed by atoms with van der Waals surface area (Å²) in [5.74, 6) is -0.706. The monoisotopic (exact) mass is 361 g/mol. The van der Waals surface area contributed by atoms with Crippen molar-refractivity contribution < 1.29 is 12.8 Å². The maximum absolute atomic E-state index is 14.0. The average molecular weight is 361 g/mol. The van der Waals surface area contributed by atoms with Gasteiger partial charge in [0.2, 0.25) is 9.84 Å². The van der Waals surface area contributed by atoms with Crippen LogP contribution in [0, 0.1) is 5.82 Å². The smallest absolute Gasteiger partial charge is 0.202 e. The first-order valence-electron chi connectivity index (χ1n) is 8.40. The van der Waals surface area contributed by atoms with Crippen LogP contribution in [-0.4, -0.2) is 40.0 Å². The van der Waals surface area contributed by atoms with Gasteiger partial charge in [-0.1, -0.05) is 18.2 Å². The number of rotatable bonds is 3. The lowest BCUT2D eigenvalue weighted by molar-refractivity contribution is 0.560. The van der Waals surface area contributed by atoms with Crippen LogP contribution in [0.4, 0.5) is 15.8 Å². The van der Waals surface area contributed by atoms with Crippen molar-refractivity contribution in [1.82, 2.24) is 5.32 Å². The van der Waals surface area contributed by atoms with E-state index in [0.717, 1.165) is 43.1 Å². The van der Waals surface area contributed by atoms with Crippen molar-refractivity contribution in [2.45, 2.75) is 16.7 Å². The van der Waals surface area contributed by atoms with Crippen molar-refractivity contribution in [1.29, 1.82) is 0 Å². The number of hydrogen-bond donors (Lipinski definition) is 2. The van der Waals surface area contributed by atoms with Crippen LogP contribution in [0.1, 0.15) is 5.56 Å². The highest BCUT2D eigenvalue weighted by atomic mass is 32.2. The molecule has 4 rings (SSSR count). The summed E-state index contributed by atoms with van der Waals surface area (Å²) in [7, 11) is -3.80. The molecule has 1 fully saturated rings. The Morgan fingerprint density at radius 3 is 2.56 bits per heavy atom. The van der Waals surface area contributed by atoms with Gasteiger partial charge in [0.1, 0.15) is 16.1 Å². The number of halogens is 1. The zero-order valence-corrected chi connectivity index (χ0v) is 14.5. The molecule has 0 amide bonds. The molecule has 0 bridgehead atoms. The van der Waals surface area contributed by atoms with E-state index in [1.54, 1.807) is 6.07 Å². The first-order valence-corrected chi connectivity index (χ1v) is 9.94. The predicted molar refractivity (Wildman–Crippen MR) is 96.2 cm³/mol. The Labute approximate surface area is 146 Å². The lowest BCUT2D eigenvalue weighted by Gasteiger charge is -2.31. The zero-order chi connectivity index (χ0) is 17.4. The summed E-state index contributed by atoms with van der Waals surface area (Å²) in [6, 6.07) is 11.4. The Bertz CT molecular complexity index is 895. The minimum Gasteiger partial charge on any atom is -0.369 e. The van der Waals surface area contributed by atoms with Crippen LogP contribution in [0.5, 0.6) is 0 Å². The Morgan fingerprint density at radius 1 is 1.04 bits per heavy atom. The van der Waals surface area contributed by atoms with Gasteiger partial charge in [0.15, 0.2) is 0 Å². The van der Waals surface area contributed by atoms with E-state index in [1.165, 1.54) is 18.2 Å². The van der Waals surface area contributed by atoms with Crippen molar-refractivity contribution in [2.24, 2.45) is 0 Å². The lowest BCUT2D eigenvalue weighted by Crippen LogP contribution is -2.43. The fourth-order valence-electron chi connectivity index (χ4n) is 3.55. The van der Waals surface area contributed by atoms with Crippen molar-refractivity contribution in [2.75, 3.05) is 36.4 Å². The van der Waals surface area contributed by atoms with E-state index in [9.17, 15) is 12.8 Å². The maximum atomic E-state index is 14.0. The highest BCUT2D eigenvalue weighted by Crippen LogP contribution is 2.37. The van der Waals surface area contributed by atoms with Crippen LogP contribution in [0.25, 0.3) is 0 Å². The van der Waals surface area contributed by atoms with Crippen molar-refractivity contribution in [3.8, 4) is 0 Å². The van der Waals surface area contributed by atoms with E-state index in [-0.39, 0.29) is 4.90 Å². The topological polar surface area (TPSA) is 61.4 Å². The number of nitrogens with one attached hydrogen (secondary N) is 2. The van der Waals surface area contributed by atoms with E-state index in [1.807, 2.05) is 18.2 Å². The Kier molecular flexibility index (Phi) is 4.13. The molecule has 1 saturated heterocycles. The molecule has 2 heterocycles. The molecule has 2 aromatic rings. The summed E-state index contributed by atoms with van der Waals surface area (Å²) < 4.78 is 39.8. The standard InChI is InChI=1S/C18H20FN3O2S/c19-14-4-1-2-7-17(14)25(23,24)18-12-13-15(21-18)5-3-6-16(13)22-10-8-20-9-11-22/h1-7,18,20-21H,8-12H2. The van der Waals surface area contributed by atoms with Gasteiger partial charge in [-0.25, -0.2) is 12.8 Å². The number of nitrogens with zero attached hydrogens (tertiary/aromatic N) is 1. The van der Waals surface area contributed by atoms with Gasteiger partial charge < -0.3 is 15.5 Å². The van der Waals surface area contributed by atoms with Crippen molar-refractivity contribution in [3.63, 3.8) is 0 Å². The van der Waals surface area contributed by atoms with E-state index < -0.39 is 21.0 Å². The second kappa shape index (κ2) is 6.31. The van der Waals surface area contributed by atoms with E-state index >= 15 is 0 Å². The first-order chi connectivity index (χ1) is 12.1. The fourth-order valence-corrected chi connectivity index (χ4v) is 5.14. The number of piperazine rings is 1. The van der Waals surface area contributed by atoms with Crippen LogP contribution < -0.4 is 15.5 Å². The van der Waals surface area contributed by atoms with Gasteiger partial charge in [-0.3, -0.25) is 0 Å².